The van der Waals surface area contributed by atoms with Crippen LogP contribution in [0.25, 0.3) is 33.0 Å². The van der Waals surface area contributed by atoms with Crippen molar-refractivity contribution in [2.24, 2.45) is 5.92 Å². The summed E-state index contributed by atoms with van der Waals surface area (Å²) >= 11 is 0. The molecule has 7 nitrogen and oxygen atoms in total. The summed E-state index contributed by atoms with van der Waals surface area (Å²) in [5.41, 5.74) is 5.86. The van der Waals surface area contributed by atoms with Crippen molar-refractivity contribution < 1.29 is 13.6 Å². The van der Waals surface area contributed by atoms with Gasteiger partial charge in [-0.25, -0.2) is 9.78 Å². The number of fused-ring (bicyclic) bond motifs is 3. The zero-order valence-corrected chi connectivity index (χ0v) is 20.6. The van der Waals surface area contributed by atoms with E-state index in [2.05, 4.69) is 15.3 Å². The zero-order chi connectivity index (χ0) is 24.9. The molecule has 2 aromatic carbocycles. The van der Waals surface area contributed by atoms with Crippen molar-refractivity contribution in [2.45, 2.75) is 53.5 Å². The van der Waals surface area contributed by atoms with Crippen LogP contribution in [0.4, 0.5) is 0 Å². The van der Waals surface area contributed by atoms with E-state index < -0.39 is 5.63 Å². The SMILES string of the molecule is Cc1coc2c(C)c3oc(=O)c(CCC(=O)N[C@H](c4nc5ccccc5[nH]4)C(C)C)c(C)c3cc12. The molecule has 0 radical (unpaired) electrons. The summed E-state index contributed by atoms with van der Waals surface area (Å²) in [5.74, 6) is 0.724. The Morgan fingerprint density at radius 1 is 1.09 bits per heavy atom. The fraction of sp³-hybridized carbons (Fsp3) is 0.321. The summed E-state index contributed by atoms with van der Waals surface area (Å²) in [5, 5.41) is 4.97. The fourth-order valence-corrected chi connectivity index (χ4v) is 4.76. The van der Waals surface area contributed by atoms with E-state index in [0.717, 1.165) is 49.9 Å². The number of carbonyl (C=O) groups is 1. The fourth-order valence-electron chi connectivity index (χ4n) is 4.76. The van der Waals surface area contributed by atoms with Crippen molar-refractivity contribution in [1.82, 2.24) is 15.3 Å². The third-order valence-electron chi connectivity index (χ3n) is 6.82. The van der Waals surface area contributed by atoms with Crippen LogP contribution in [0.2, 0.25) is 0 Å². The van der Waals surface area contributed by atoms with Gasteiger partial charge in [-0.05, 0) is 62.4 Å². The van der Waals surface area contributed by atoms with E-state index in [9.17, 15) is 9.59 Å². The van der Waals surface area contributed by atoms with Crippen LogP contribution in [-0.4, -0.2) is 15.9 Å². The molecule has 5 rings (SSSR count). The van der Waals surface area contributed by atoms with E-state index in [4.69, 9.17) is 8.83 Å². The Morgan fingerprint density at radius 2 is 1.86 bits per heavy atom. The molecule has 0 fully saturated rings. The van der Waals surface area contributed by atoms with Gasteiger partial charge in [0.25, 0.3) is 0 Å². The van der Waals surface area contributed by atoms with E-state index in [-0.39, 0.29) is 24.3 Å². The largest absolute Gasteiger partial charge is 0.464 e. The number of aryl methyl sites for hydroxylation is 3. The number of amides is 1. The Hall–Kier alpha value is -3.87. The Labute approximate surface area is 202 Å². The lowest BCUT2D eigenvalue weighted by atomic mass is 9.98. The molecule has 0 saturated carbocycles. The Balaban J connectivity index is 1.40. The van der Waals surface area contributed by atoms with Crippen molar-refractivity contribution in [2.75, 3.05) is 0 Å². The minimum Gasteiger partial charge on any atom is -0.464 e. The summed E-state index contributed by atoms with van der Waals surface area (Å²) in [6.07, 6.45) is 2.18. The van der Waals surface area contributed by atoms with Gasteiger partial charge in [0.15, 0.2) is 0 Å². The molecule has 1 atom stereocenters. The van der Waals surface area contributed by atoms with Crippen LogP contribution in [-0.2, 0) is 11.2 Å². The maximum absolute atomic E-state index is 12.9. The molecule has 0 saturated heterocycles. The van der Waals surface area contributed by atoms with Crippen LogP contribution < -0.4 is 10.9 Å². The van der Waals surface area contributed by atoms with Crippen LogP contribution in [0, 0.1) is 26.7 Å². The number of aromatic nitrogens is 2. The van der Waals surface area contributed by atoms with Crippen LogP contribution in [0.1, 0.15) is 54.4 Å². The molecule has 3 aromatic heterocycles. The standard InChI is InChI=1S/C28H29N3O4/c1-14(2)24(27-29-21-8-6-7-9-22(21)30-27)31-23(32)11-10-18-16(4)20-12-19-15(3)13-34-25(19)17(5)26(20)35-28(18)33/h6-9,12-14,24H,10-11H2,1-5H3,(H,29,30)(H,31,32)/t24-/m0/s1. The molecular formula is C28H29N3O4. The number of nitrogens with one attached hydrogen (secondary N) is 2. The van der Waals surface area contributed by atoms with Gasteiger partial charge in [0.05, 0.1) is 23.3 Å². The number of para-hydroxylation sites is 2. The molecule has 0 spiro atoms. The summed E-state index contributed by atoms with van der Waals surface area (Å²) in [6, 6.07) is 9.54. The van der Waals surface area contributed by atoms with Gasteiger partial charge in [0, 0.05) is 28.3 Å². The predicted molar refractivity (Wildman–Crippen MR) is 137 cm³/mol. The number of nitrogens with zero attached hydrogens (tertiary/aromatic N) is 1. The second-order valence-electron chi connectivity index (χ2n) is 9.60. The smallest absolute Gasteiger partial charge is 0.339 e. The van der Waals surface area contributed by atoms with E-state index in [1.54, 1.807) is 6.26 Å². The number of furan rings is 1. The van der Waals surface area contributed by atoms with Gasteiger partial charge in [-0.15, -0.1) is 0 Å². The van der Waals surface area contributed by atoms with Crippen LogP contribution in [0.5, 0.6) is 0 Å². The normalized spacial score (nSPS) is 12.7. The molecule has 180 valence electrons. The molecule has 3 heterocycles. The third kappa shape index (κ3) is 4.01. The predicted octanol–water partition coefficient (Wildman–Crippen LogP) is 5.79. The second-order valence-corrected chi connectivity index (χ2v) is 9.60. The first kappa shape index (κ1) is 22.9. The Bertz CT molecular complexity index is 1600. The Kier molecular flexibility index (Phi) is 5.71. The molecule has 0 aliphatic carbocycles. The highest BCUT2D eigenvalue weighted by molar-refractivity contribution is 5.99. The van der Waals surface area contributed by atoms with Crippen molar-refractivity contribution >= 4 is 38.9 Å². The Morgan fingerprint density at radius 3 is 2.60 bits per heavy atom. The van der Waals surface area contributed by atoms with Crippen molar-refractivity contribution in [1.29, 1.82) is 0 Å². The molecule has 0 bridgehead atoms. The van der Waals surface area contributed by atoms with Crippen molar-refractivity contribution in [3.63, 3.8) is 0 Å². The number of hydrogen-bond acceptors (Lipinski definition) is 5. The minimum atomic E-state index is -0.411. The molecule has 0 aliphatic heterocycles. The highest BCUT2D eigenvalue weighted by Crippen LogP contribution is 2.33. The molecule has 5 aromatic rings. The number of H-pyrrole nitrogens is 1. The lowest BCUT2D eigenvalue weighted by molar-refractivity contribution is -0.122. The lowest BCUT2D eigenvalue weighted by Gasteiger charge is -2.20. The first-order chi connectivity index (χ1) is 16.7. The monoisotopic (exact) mass is 471 g/mol. The van der Waals surface area contributed by atoms with Crippen molar-refractivity contribution in [3.8, 4) is 0 Å². The van der Waals surface area contributed by atoms with Gasteiger partial charge in [-0.3, -0.25) is 4.79 Å². The summed E-state index contributed by atoms with van der Waals surface area (Å²) < 4.78 is 11.4. The van der Waals surface area contributed by atoms with E-state index >= 15 is 0 Å². The molecule has 2 N–H and O–H groups in total. The van der Waals surface area contributed by atoms with Crippen LogP contribution >= 0.6 is 0 Å². The van der Waals surface area contributed by atoms with Crippen molar-refractivity contribution in [3.05, 3.63) is 75.1 Å². The molecule has 0 unspecified atom stereocenters. The summed E-state index contributed by atoms with van der Waals surface area (Å²) in [7, 11) is 0. The lowest BCUT2D eigenvalue weighted by Crippen LogP contribution is -2.33. The minimum absolute atomic E-state index is 0.135. The van der Waals surface area contributed by atoms with Crippen LogP contribution in [0.15, 0.2) is 50.2 Å². The van der Waals surface area contributed by atoms with Gasteiger partial charge in [0.2, 0.25) is 5.91 Å². The van der Waals surface area contributed by atoms with E-state index in [1.165, 1.54) is 0 Å². The average Bonchev–Trinajstić information content (AvgIpc) is 3.41. The quantitative estimate of drug-likeness (QED) is 0.305. The number of benzene rings is 2. The second kappa shape index (κ2) is 8.73. The third-order valence-corrected chi connectivity index (χ3v) is 6.82. The first-order valence-corrected chi connectivity index (χ1v) is 11.9. The maximum atomic E-state index is 12.9. The van der Waals surface area contributed by atoms with Crippen LogP contribution in [0.3, 0.4) is 0 Å². The highest BCUT2D eigenvalue weighted by atomic mass is 16.4. The van der Waals surface area contributed by atoms with Gasteiger partial charge >= 0.3 is 5.63 Å². The molecule has 35 heavy (non-hydrogen) atoms. The zero-order valence-electron chi connectivity index (χ0n) is 20.6. The molecule has 7 heteroatoms. The first-order valence-electron chi connectivity index (χ1n) is 11.9. The van der Waals surface area contributed by atoms with Gasteiger partial charge < -0.3 is 19.1 Å². The average molecular weight is 472 g/mol. The number of rotatable bonds is 6. The number of carbonyl (C=O) groups excluding carboxylic acids is 1. The maximum Gasteiger partial charge on any atom is 0.339 e. The van der Waals surface area contributed by atoms with Gasteiger partial charge in [0.1, 0.15) is 17.0 Å². The van der Waals surface area contributed by atoms with Gasteiger partial charge in [-0.1, -0.05) is 26.0 Å². The van der Waals surface area contributed by atoms with E-state index in [1.807, 2.05) is 65.0 Å². The number of hydrogen-bond donors (Lipinski definition) is 2. The number of imidazole rings is 1. The topological polar surface area (TPSA) is 101 Å². The molecule has 0 aliphatic rings. The molecular weight excluding hydrogens is 442 g/mol. The summed E-state index contributed by atoms with van der Waals surface area (Å²) in [6.45, 7) is 9.89. The van der Waals surface area contributed by atoms with E-state index in [0.29, 0.717) is 17.6 Å². The summed E-state index contributed by atoms with van der Waals surface area (Å²) in [4.78, 5) is 33.8. The van der Waals surface area contributed by atoms with Gasteiger partial charge in [-0.2, -0.15) is 0 Å². The highest BCUT2D eigenvalue weighted by Gasteiger charge is 2.23. The molecule has 1 amide bonds. The number of aromatic amines is 1.